The zero-order valence-electron chi connectivity index (χ0n) is 15.3. The lowest BCUT2D eigenvalue weighted by Crippen LogP contribution is -2.53. The zero-order chi connectivity index (χ0) is 18.2. The van der Waals surface area contributed by atoms with E-state index in [4.69, 9.17) is 22.1 Å². The second kappa shape index (κ2) is 8.23. The third-order valence-electron chi connectivity index (χ3n) is 5.50. The van der Waals surface area contributed by atoms with Crippen LogP contribution in [0.2, 0.25) is 5.02 Å². The zero-order valence-corrected chi connectivity index (χ0v) is 17.7. The van der Waals surface area contributed by atoms with E-state index < -0.39 is 10.0 Å². The number of halogens is 2. The second-order valence-electron chi connectivity index (χ2n) is 7.92. The number of nitrogens with zero attached hydrogens (tertiary/aromatic N) is 1. The molecule has 1 aliphatic heterocycles. The maximum atomic E-state index is 13.2. The van der Waals surface area contributed by atoms with Gasteiger partial charge in [0.1, 0.15) is 10.6 Å². The minimum absolute atomic E-state index is 0. The minimum Gasteiger partial charge on any atom is -0.492 e. The van der Waals surface area contributed by atoms with Gasteiger partial charge in [0, 0.05) is 24.2 Å². The highest BCUT2D eigenvalue weighted by Crippen LogP contribution is 2.36. The third-order valence-corrected chi connectivity index (χ3v) is 7.60. The smallest absolute Gasteiger partial charge is 0.246 e. The van der Waals surface area contributed by atoms with Gasteiger partial charge in [-0.15, -0.1) is 12.4 Å². The standard InChI is InChI=1S/C18H27ClN2O3S.ClH/c1-18(2)12-21(9-8-17(18)20)25(22,23)16-10-14(19)6-7-15(16)24-11-13-4-3-5-13;/h6-7,10,13,17H,3-5,8-9,11-12,20H2,1-2H3;1H. The molecule has 148 valence electrons. The van der Waals surface area contributed by atoms with Crippen LogP contribution in [0.4, 0.5) is 0 Å². The quantitative estimate of drug-likeness (QED) is 0.784. The van der Waals surface area contributed by atoms with Gasteiger partial charge in [0.25, 0.3) is 0 Å². The largest absolute Gasteiger partial charge is 0.492 e. The summed E-state index contributed by atoms with van der Waals surface area (Å²) in [4.78, 5) is 0.158. The molecule has 1 unspecified atom stereocenters. The van der Waals surface area contributed by atoms with Crippen molar-refractivity contribution in [3.05, 3.63) is 23.2 Å². The van der Waals surface area contributed by atoms with Gasteiger partial charge < -0.3 is 10.5 Å². The molecule has 1 heterocycles. The van der Waals surface area contributed by atoms with E-state index in [2.05, 4.69) is 0 Å². The summed E-state index contributed by atoms with van der Waals surface area (Å²) in [6.07, 6.45) is 4.16. The Morgan fingerprint density at radius 1 is 1.31 bits per heavy atom. The number of hydrogen-bond donors (Lipinski definition) is 1. The van der Waals surface area contributed by atoms with Crippen molar-refractivity contribution < 1.29 is 13.2 Å². The fraction of sp³-hybridized carbons (Fsp3) is 0.667. The monoisotopic (exact) mass is 422 g/mol. The molecule has 1 aromatic rings. The third kappa shape index (κ3) is 4.47. The molecule has 0 amide bonds. The lowest BCUT2D eigenvalue weighted by Gasteiger charge is -2.41. The van der Waals surface area contributed by atoms with E-state index in [0.29, 0.717) is 42.8 Å². The Morgan fingerprint density at radius 2 is 2.00 bits per heavy atom. The van der Waals surface area contributed by atoms with Crippen LogP contribution in [0.25, 0.3) is 0 Å². The van der Waals surface area contributed by atoms with Crippen molar-refractivity contribution in [1.82, 2.24) is 4.31 Å². The van der Waals surface area contributed by atoms with Crippen molar-refractivity contribution in [2.24, 2.45) is 17.1 Å². The van der Waals surface area contributed by atoms with Crippen LogP contribution in [-0.2, 0) is 10.0 Å². The van der Waals surface area contributed by atoms with E-state index in [9.17, 15) is 8.42 Å². The summed E-state index contributed by atoms with van der Waals surface area (Å²) < 4.78 is 33.8. The lowest BCUT2D eigenvalue weighted by molar-refractivity contribution is 0.154. The Balaban J connectivity index is 0.00000243. The number of benzene rings is 1. The van der Waals surface area contributed by atoms with E-state index >= 15 is 0 Å². The minimum atomic E-state index is -3.68. The van der Waals surface area contributed by atoms with Crippen molar-refractivity contribution in [3.63, 3.8) is 0 Å². The Morgan fingerprint density at radius 3 is 2.58 bits per heavy atom. The van der Waals surface area contributed by atoms with Crippen LogP contribution in [0.3, 0.4) is 0 Å². The summed E-state index contributed by atoms with van der Waals surface area (Å²) in [7, 11) is -3.68. The van der Waals surface area contributed by atoms with Gasteiger partial charge in [0.2, 0.25) is 10.0 Å². The topological polar surface area (TPSA) is 72.6 Å². The Kier molecular flexibility index (Phi) is 6.89. The highest BCUT2D eigenvalue weighted by molar-refractivity contribution is 7.89. The number of rotatable bonds is 5. The predicted molar refractivity (Wildman–Crippen MR) is 107 cm³/mol. The Bertz CT molecular complexity index is 736. The molecule has 3 rings (SSSR count). The molecule has 2 fully saturated rings. The molecule has 1 aliphatic carbocycles. The first kappa shape index (κ1) is 21.8. The van der Waals surface area contributed by atoms with Crippen LogP contribution in [0, 0.1) is 11.3 Å². The molecular formula is C18H28Cl2N2O3S. The lowest BCUT2D eigenvalue weighted by atomic mass is 9.81. The number of sulfonamides is 1. The molecule has 0 radical (unpaired) electrons. The van der Waals surface area contributed by atoms with Crippen molar-refractivity contribution in [3.8, 4) is 5.75 Å². The van der Waals surface area contributed by atoms with Crippen molar-refractivity contribution in [2.45, 2.75) is 50.5 Å². The molecule has 1 saturated carbocycles. The number of hydrogen-bond acceptors (Lipinski definition) is 4. The van der Waals surface area contributed by atoms with Crippen LogP contribution in [0.15, 0.2) is 23.1 Å². The fourth-order valence-corrected chi connectivity index (χ4v) is 5.36. The molecule has 8 heteroatoms. The van der Waals surface area contributed by atoms with Gasteiger partial charge in [-0.2, -0.15) is 4.31 Å². The highest BCUT2D eigenvalue weighted by atomic mass is 35.5. The molecule has 1 atom stereocenters. The first-order valence-electron chi connectivity index (χ1n) is 8.88. The second-order valence-corrected chi connectivity index (χ2v) is 10.3. The molecular weight excluding hydrogens is 395 g/mol. The van der Waals surface area contributed by atoms with Crippen LogP contribution in [0.1, 0.15) is 39.5 Å². The maximum Gasteiger partial charge on any atom is 0.246 e. The van der Waals surface area contributed by atoms with E-state index in [1.165, 1.54) is 16.8 Å². The first-order valence-corrected chi connectivity index (χ1v) is 10.7. The maximum absolute atomic E-state index is 13.2. The summed E-state index contributed by atoms with van der Waals surface area (Å²) >= 11 is 6.08. The highest BCUT2D eigenvalue weighted by Gasteiger charge is 2.39. The summed E-state index contributed by atoms with van der Waals surface area (Å²) in [5, 5.41) is 0.391. The Hall–Kier alpha value is -0.530. The average molecular weight is 423 g/mol. The molecule has 0 bridgehead atoms. The summed E-state index contributed by atoms with van der Waals surface area (Å²) in [5.74, 6) is 0.919. The average Bonchev–Trinajstić information content (AvgIpc) is 2.49. The van der Waals surface area contributed by atoms with Crippen molar-refractivity contribution in [2.75, 3.05) is 19.7 Å². The Labute approximate surface area is 167 Å². The summed E-state index contributed by atoms with van der Waals surface area (Å²) in [6.45, 7) is 5.38. The van der Waals surface area contributed by atoms with Gasteiger partial charge in [-0.3, -0.25) is 0 Å². The van der Waals surface area contributed by atoms with Gasteiger partial charge in [-0.25, -0.2) is 8.42 Å². The van der Waals surface area contributed by atoms with Gasteiger partial charge in [0.15, 0.2) is 0 Å². The van der Waals surface area contributed by atoms with Crippen LogP contribution >= 0.6 is 24.0 Å². The molecule has 5 nitrogen and oxygen atoms in total. The molecule has 0 aromatic heterocycles. The SMILES string of the molecule is CC1(C)CN(S(=O)(=O)c2cc(Cl)ccc2OCC2CCC2)CCC1N.Cl. The molecule has 2 aliphatic rings. The summed E-state index contributed by atoms with van der Waals surface area (Å²) in [5.41, 5.74) is 5.88. The van der Waals surface area contributed by atoms with Crippen LogP contribution < -0.4 is 10.5 Å². The molecule has 1 saturated heterocycles. The van der Waals surface area contributed by atoms with Gasteiger partial charge in [0.05, 0.1) is 6.61 Å². The van der Waals surface area contributed by atoms with Gasteiger partial charge in [-0.1, -0.05) is 31.9 Å². The number of piperidine rings is 1. The van der Waals surface area contributed by atoms with Crippen LogP contribution in [-0.4, -0.2) is 38.5 Å². The number of nitrogens with two attached hydrogens (primary N) is 1. The van der Waals surface area contributed by atoms with Crippen molar-refractivity contribution >= 4 is 34.0 Å². The van der Waals surface area contributed by atoms with Crippen molar-refractivity contribution in [1.29, 1.82) is 0 Å². The predicted octanol–water partition coefficient (Wildman–Crippen LogP) is 3.69. The molecule has 26 heavy (non-hydrogen) atoms. The summed E-state index contributed by atoms with van der Waals surface area (Å²) in [6, 6.07) is 4.82. The van der Waals surface area contributed by atoms with E-state index in [0.717, 1.165) is 12.8 Å². The molecule has 1 aromatic carbocycles. The molecule has 0 spiro atoms. The normalized spacial score (nSPS) is 23.8. The van der Waals surface area contributed by atoms with Gasteiger partial charge >= 0.3 is 0 Å². The van der Waals surface area contributed by atoms with Crippen LogP contribution in [0.5, 0.6) is 5.75 Å². The number of ether oxygens (including phenoxy) is 1. The molecule has 2 N–H and O–H groups in total. The van der Waals surface area contributed by atoms with E-state index in [1.807, 2.05) is 13.8 Å². The van der Waals surface area contributed by atoms with E-state index in [-0.39, 0.29) is 28.8 Å². The fourth-order valence-electron chi connectivity index (χ4n) is 3.34. The van der Waals surface area contributed by atoms with E-state index in [1.54, 1.807) is 12.1 Å². The first-order chi connectivity index (χ1) is 11.7. The van der Waals surface area contributed by atoms with Gasteiger partial charge in [-0.05, 0) is 48.8 Å².